The van der Waals surface area contributed by atoms with Gasteiger partial charge in [-0.15, -0.1) is 0 Å². The molecule has 1 saturated carbocycles. The van der Waals surface area contributed by atoms with Crippen molar-refractivity contribution in [3.63, 3.8) is 0 Å². The molecule has 0 spiro atoms. The smallest absolute Gasteiger partial charge is 0.338 e. The molecule has 0 heterocycles. The number of phenolic OH excluding ortho intramolecular Hbond substituents is 1. The second-order valence-corrected chi connectivity index (χ2v) is 10.1. The summed E-state index contributed by atoms with van der Waals surface area (Å²) in [5.74, 6) is -1.33. The summed E-state index contributed by atoms with van der Waals surface area (Å²) >= 11 is 0. The van der Waals surface area contributed by atoms with Gasteiger partial charge in [0, 0.05) is 23.3 Å². The normalized spacial score (nSPS) is 32.1. The highest BCUT2D eigenvalue weighted by Crippen LogP contribution is 2.58. The van der Waals surface area contributed by atoms with E-state index in [1.165, 1.54) is 24.3 Å². The number of phenols is 1. The second-order valence-electron chi connectivity index (χ2n) is 10.1. The molecule has 2 aliphatic carbocycles. The average molecular weight is 457 g/mol. The minimum atomic E-state index is -1.08. The van der Waals surface area contributed by atoms with Crippen molar-refractivity contribution >= 4 is 11.9 Å². The van der Waals surface area contributed by atoms with Gasteiger partial charge in [-0.3, -0.25) is 0 Å². The number of benzene rings is 1. The van der Waals surface area contributed by atoms with Crippen LogP contribution in [0.15, 0.2) is 47.6 Å². The van der Waals surface area contributed by atoms with Crippen molar-refractivity contribution in [1.29, 1.82) is 0 Å². The van der Waals surface area contributed by atoms with Crippen LogP contribution in [-0.2, 0) is 14.3 Å². The van der Waals surface area contributed by atoms with Crippen LogP contribution in [0.5, 0.6) is 5.75 Å². The van der Waals surface area contributed by atoms with Gasteiger partial charge in [0.05, 0.1) is 11.2 Å². The number of allylic oxidation sites excluding steroid dienone is 1. The van der Waals surface area contributed by atoms with Crippen molar-refractivity contribution in [3.8, 4) is 5.75 Å². The van der Waals surface area contributed by atoms with Gasteiger partial charge >= 0.3 is 11.9 Å². The molecule has 180 valence electrons. The molecular formula is C27H36O6. The summed E-state index contributed by atoms with van der Waals surface area (Å²) in [4.78, 5) is 25.7. The van der Waals surface area contributed by atoms with Crippen LogP contribution in [0.4, 0.5) is 0 Å². The predicted molar refractivity (Wildman–Crippen MR) is 126 cm³/mol. The van der Waals surface area contributed by atoms with E-state index < -0.39 is 35.1 Å². The first-order chi connectivity index (χ1) is 15.4. The molecule has 2 N–H and O–H groups in total. The van der Waals surface area contributed by atoms with Gasteiger partial charge in [0.15, 0.2) is 0 Å². The molecular weight excluding hydrogens is 420 g/mol. The lowest BCUT2D eigenvalue weighted by Crippen LogP contribution is -2.53. The molecule has 0 bridgehead atoms. The van der Waals surface area contributed by atoms with Gasteiger partial charge in [-0.05, 0) is 69.9 Å². The van der Waals surface area contributed by atoms with Crippen LogP contribution >= 0.6 is 0 Å². The zero-order valence-electron chi connectivity index (χ0n) is 20.4. The summed E-state index contributed by atoms with van der Waals surface area (Å²) < 4.78 is 12.0. The van der Waals surface area contributed by atoms with E-state index in [-0.39, 0.29) is 17.6 Å². The fraction of sp³-hybridized carbons (Fsp3) is 0.556. The van der Waals surface area contributed by atoms with Gasteiger partial charge in [-0.2, -0.15) is 0 Å². The topological polar surface area (TPSA) is 93.1 Å². The molecule has 0 aromatic heterocycles. The van der Waals surface area contributed by atoms with Crippen molar-refractivity contribution in [2.24, 2.45) is 17.3 Å². The lowest BCUT2D eigenvalue weighted by Gasteiger charge is -2.45. The molecule has 6 heteroatoms. The van der Waals surface area contributed by atoms with Gasteiger partial charge in [0.25, 0.3) is 0 Å². The molecule has 2 aliphatic rings. The minimum Gasteiger partial charge on any atom is -0.508 e. The number of hydrogen-bond acceptors (Lipinski definition) is 6. The van der Waals surface area contributed by atoms with Crippen molar-refractivity contribution in [1.82, 2.24) is 0 Å². The first-order valence-corrected chi connectivity index (χ1v) is 11.7. The molecule has 3 rings (SSSR count). The van der Waals surface area contributed by atoms with E-state index in [0.717, 1.165) is 5.57 Å². The molecule has 0 aliphatic heterocycles. The molecule has 6 nitrogen and oxygen atoms in total. The van der Waals surface area contributed by atoms with Crippen molar-refractivity contribution in [2.75, 3.05) is 0 Å². The average Bonchev–Trinajstić information content (AvgIpc) is 3.00. The van der Waals surface area contributed by atoms with E-state index >= 15 is 0 Å². The van der Waals surface area contributed by atoms with Gasteiger partial charge in [-0.25, -0.2) is 9.59 Å². The third-order valence-electron chi connectivity index (χ3n) is 7.64. The number of ether oxygens (including phenoxy) is 2. The second kappa shape index (κ2) is 9.34. The Kier molecular flexibility index (Phi) is 7.08. The highest BCUT2D eigenvalue weighted by atomic mass is 16.6. The van der Waals surface area contributed by atoms with E-state index in [0.29, 0.717) is 30.4 Å². The summed E-state index contributed by atoms with van der Waals surface area (Å²) in [5.41, 5.74) is 0.112. The number of carbonyl (C=O) groups excluding carboxylic acids is 2. The maximum atomic E-state index is 13.0. The highest BCUT2D eigenvalue weighted by Gasteiger charge is 2.63. The maximum absolute atomic E-state index is 13.0. The van der Waals surface area contributed by atoms with E-state index in [1.54, 1.807) is 19.9 Å². The summed E-state index contributed by atoms with van der Waals surface area (Å²) in [7, 11) is 0. The van der Waals surface area contributed by atoms with E-state index in [9.17, 15) is 19.8 Å². The molecule has 0 radical (unpaired) electrons. The maximum Gasteiger partial charge on any atom is 0.338 e. The largest absolute Gasteiger partial charge is 0.508 e. The fourth-order valence-corrected chi connectivity index (χ4v) is 5.42. The Labute approximate surface area is 196 Å². The minimum absolute atomic E-state index is 0.0680. The Morgan fingerprint density at radius 1 is 1.15 bits per heavy atom. The first kappa shape index (κ1) is 25.0. The van der Waals surface area contributed by atoms with Crippen LogP contribution in [0, 0.1) is 17.3 Å². The van der Waals surface area contributed by atoms with Gasteiger partial charge in [0.1, 0.15) is 18.0 Å². The van der Waals surface area contributed by atoms with Crippen LogP contribution in [0.1, 0.15) is 71.2 Å². The Bertz CT molecular complexity index is 959. The number of esters is 2. The number of hydrogen-bond donors (Lipinski definition) is 2. The van der Waals surface area contributed by atoms with Crippen LogP contribution in [0.2, 0.25) is 0 Å². The number of fused-ring (bicyclic) bond motifs is 1. The number of carbonyl (C=O) groups is 2. The Morgan fingerprint density at radius 3 is 2.36 bits per heavy atom. The molecule has 5 atom stereocenters. The van der Waals surface area contributed by atoms with E-state index in [1.807, 2.05) is 33.8 Å². The molecule has 0 saturated heterocycles. The lowest BCUT2D eigenvalue weighted by atomic mass is 9.66. The zero-order chi connectivity index (χ0) is 24.6. The van der Waals surface area contributed by atoms with Crippen LogP contribution in [0.25, 0.3) is 0 Å². The molecule has 33 heavy (non-hydrogen) atoms. The predicted octanol–water partition coefficient (Wildman–Crippen LogP) is 4.95. The number of rotatable bonds is 5. The molecule has 0 amide bonds. The number of aliphatic hydroxyl groups is 1. The third-order valence-corrected chi connectivity index (χ3v) is 7.64. The SMILES string of the molecule is C/C=C(/C)C(=O)O[C@@H]1C=C(C)C[C@H](OC(=O)c2ccc(O)cc2)[C@@H]2[C@]1(C)CC[C@@]2(O)C(C)C. The first-order valence-electron chi connectivity index (χ1n) is 11.7. The van der Waals surface area contributed by atoms with Crippen molar-refractivity contribution in [2.45, 2.75) is 78.6 Å². The van der Waals surface area contributed by atoms with Gasteiger partial charge in [0.2, 0.25) is 0 Å². The summed E-state index contributed by atoms with van der Waals surface area (Å²) in [6, 6.07) is 5.92. The van der Waals surface area contributed by atoms with Gasteiger partial charge in [-0.1, -0.05) is 32.4 Å². The fourth-order valence-electron chi connectivity index (χ4n) is 5.42. The summed E-state index contributed by atoms with van der Waals surface area (Å²) in [6.07, 6.45) is 4.14. The molecule has 0 unspecified atom stereocenters. The quantitative estimate of drug-likeness (QED) is 0.370. The summed E-state index contributed by atoms with van der Waals surface area (Å²) in [6.45, 7) is 11.4. The van der Waals surface area contributed by atoms with E-state index in [2.05, 4.69) is 0 Å². The standard InChI is InChI=1S/C27H36O6/c1-7-18(5)24(29)33-22-15-17(4)14-21(32-25(30)19-8-10-20(28)11-9-19)23-26(22,6)12-13-27(23,31)16(2)3/h7-11,15-16,21-23,28,31H,12-14H2,1-6H3/b18-7-/t21-,22+,23+,26+,27+/m0/s1. The Balaban J connectivity index is 2.01. The zero-order valence-corrected chi connectivity index (χ0v) is 20.4. The lowest BCUT2D eigenvalue weighted by molar-refractivity contribution is -0.159. The molecule has 1 aromatic rings. The van der Waals surface area contributed by atoms with E-state index in [4.69, 9.17) is 9.47 Å². The van der Waals surface area contributed by atoms with Crippen LogP contribution in [-0.4, -0.2) is 40.0 Å². The monoisotopic (exact) mass is 456 g/mol. The van der Waals surface area contributed by atoms with Crippen LogP contribution < -0.4 is 0 Å². The molecule has 1 fully saturated rings. The summed E-state index contributed by atoms with van der Waals surface area (Å²) in [5, 5.41) is 21.4. The van der Waals surface area contributed by atoms with Crippen molar-refractivity contribution < 1.29 is 29.3 Å². The van der Waals surface area contributed by atoms with Crippen LogP contribution in [0.3, 0.4) is 0 Å². The van der Waals surface area contributed by atoms with Gasteiger partial charge < -0.3 is 19.7 Å². The van der Waals surface area contributed by atoms with Crippen molar-refractivity contribution in [3.05, 3.63) is 53.1 Å². The third kappa shape index (κ3) is 4.72. The highest BCUT2D eigenvalue weighted by molar-refractivity contribution is 5.89. The molecule has 1 aromatic carbocycles. The Morgan fingerprint density at radius 2 is 1.79 bits per heavy atom. The Hall–Kier alpha value is -2.60. The number of aromatic hydroxyl groups is 1.